The first-order chi connectivity index (χ1) is 19.3. The molecule has 19 heteroatoms. The van der Waals surface area contributed by atoms with Crippen LogP contribution in [0.1, 0.15) is 47.0 Å². The Bertz CT molecular complexity index is 1080. The van der Waals surface area contributed by atoms with Crippen molar-refractivity contribution in [3.05, 3.63) is 0 Å². The zero-order chi connectivity index (χ0) is 32.9. The number of hydrogen-bond donors (Lipinski definition) is 10. The summed E-state index contributed by atoms with van der Waals surface area (Å²) in [5, 5.41) is 38.0. The first-order valence-corrected chi connectivity index (χ1v) is 12.5. The number of carboxylic acid groups (broad SMARTS) is 3. The normalized spacial score (nSPS) is 15.0. The number of nitrogens with two attached hydrogens (primary N) is 2. The summed E-state index contributed by atoms with van der Waals surface area (Å²) in [6.07, 6.45) is -2.70. The van der Waals surface area contributed by atoms with Gasteiger partial charge in [0.25, 0.3) is 0 Å². The zero-order valence-electron chi connectivity index (χ0n) is 23.3. The second-order valence-electron chi connectivity index (χ2n) is 9.64. The van der Waals surface area contributed by atoms with E-state index in [1.807, 2.05) is 5.32 Å². The predicted octanol–water partition coefficient (Wildman–Crippen LogP) is -4.66. The van der Waals surface area contributed by atoms with Crippen molar-refractivity contribution < 1.29 is 58.5 Å². The van der Waals surface area contributed by atoms with Gasteiger partial charge in [-0.05, 0) is 19.8 Å². The summed E-state index contributed by atoms with van der Waals surface area (Å²) in [5.41, 5.74) is 10.5. The molecule has 0 unspecified atom stereocenters. The summed E-state index contributed by atoms with van der Waals surface area (Å²) in [6.45, 7) is 5.36. The van der Waals surface area contributed by atoms with Gasteiger partial charge in [-0.15, -0.1) is 0 Å². The van der Waals surface area contributed by atoms with Crippen molar-refractivity contribution in [2.75, 3.05) is 0 Å². The maximum atomic E-state index is 12.8. The molecule has 0 aliphatic heterocycles. The minimum atomic E-state index is -1.86. The van der Waals surface area contributed by atoms with Crippen molar-refractivity contribution >= 4 is 53.4 Å². The smallest absolute Gasteiger partial charge is 0.326 e. The summed E-state index contributed by atoms with van der Waals surface area (Å²) >= 11 is 0. The van der Waals surface area contributed by atoms with Gasteiger partial charge in [0, 0.05) is 0 Å². The number of carboxylic acids is 3. The van der Waals surface area contributed by atoms with Crippen LogP contribution in [0.15, 0.2) is 0 Å². The molecule has 0 saturated carbocycles. The Morgan fingerprint density at radius 3 is 1.33 bits per heavy atom. The number of carbonyl (C=O) groups excluding carboxylic acids is 6. The third-order valence-corrected chi connectivity index (χ3v) is 5.46. The number of nitrogens with one attached hydrogen (secondary N) is 5. The van der Waals surface area contributed by atoms with Gasteiger partial charge in [-0.2, -0.15) is 0 Å². The SMILES string of the molecule is CC(C)[C@H](NC(=O)[C@H](CC(N)=O)NC(=O)[C@H](C)NC(=O)[C@H](CC(=O)O)NC(=O)[C@H](CC(=O)O)NC(=O)[C@H](C)N)C(=O)O. The van der Waals surface area contributed by atoms with E-state index in [-0.39, 0.29) is 0 Å². The Morgan fingerprint density at radius 1 is 0.571 bits per heavy atom. The number of primary amides is 1. The van der Waals surface area contributed by atoms with Crippen LogP contribution in [0, 0.1) is 5.92 Å². The summed E-state index contributed by atoms with van der Waals surface area (Å²) < 4.78 is 0. The van der Waals surface area contributed by atoms with E-state index in [4.69, 9.17) is 16.6 Å². The van der Waals surface area contributed by atoms with Crippen LogP contribution in [0.5, 0.6) is 0 Å². The van der Waals surface area contributed by atoms with E-state index in [9.17, 15) is 53.4 Å². The Kier molecular flexibility index (Phi) is 15.1. The van der Waals surface area contributed by atoms with Crippen LogP contribution < -0.4 is 38.1 Å². The highest BCUT2D eigenvalue weighted by atomic mass is 16.4. The molecule has 0 aromatic carbocycles. The van der Waals surface area contributed by atoms with Gasteiger partial charge in [-0.3, -0.25) is 38.4 Å². The van der Waals surface area contributed by atoms with Crippen molar-refractivity contribution in [1.29, 1.82) is 0 Å². The average molecular weight is 604 g/mol. The summed E-state index contributed by atoms with van der Waals surface area (Å²) in [6, 6.07) is -9.26. The molecule has 0 heterocycles. The standard InChI is InChI=1S/C23H37N7O12/c1-8(2)17(23(41)42)30-22(40)11(5-14(25)31)28-19(37)10(4)26-20(38)12(6-15(32)33)29-21(39)13(7-16(34)35)27-18(36)9(3)24/h8-13,17H,5-7,24H2,1-4H3,(H2,25,31)(H,26,38)(H,27,36)(H,28,37)(H,29,39)(H,30,40)(H,32,33)(H,34,35)(H,41,42)/t9-,10-,11-,12-,13-,17-/m0/s1. The third kappa shape index (κ3) is 13.5. The Labute approximate surface area is 239 Å². The van der Waals surface area contributed by atoms with Crippen LogP contribution in [0.4, 0.5) is 0 Å². The number of hydrogen-bond acceptors (Lipinski definition) is 10. The van der Waals surface area contributed by atoms with E-state index in [0.717, 1.165) is 6.92 Å². The minimum Gasteiger partial charge on any atom is -0.481 e. The number of carbonyl (C=O) groups is 9. The van der Waals surface area contributed by atoms with E-state index in [0.29, 0.717) is 0 Å². The molecule has 0 aromatic heterocycles. The lowest BCUT2D eigenvalue weighted by molar-refractivity contribution is -0.144. The highest BCUT2D eigenvalue weighted by molar-refractivity contribution is 5.98. The second-order valence-corrected chi connectivity index (χ2v) is 9.64. The highest BCUT2D eigenvalue weighted by Crippen LogP contribution is 2.05. The van der Waals surface area contributed by atoms with Gasteiger partial charge >= 0.3 is 17.9 Å². The lowest BCUT2D eigenvalue weighted by atomic mass is 10.0. The monoisotopic (exact) mass is 603 g/mol. The van der Waals surface area contributed by atoms with Gasteiger partial charge < -0.3 is 53.4 Å². The average Bonchev–Trinajstić information content (AvgIpc) is 2.84. The van der Waals surface area contributed by atoms with E-state index in [2.05, 4.69) is 21.3 Å². The fourth-order valence-electron chi connectivity index (χ4n) is 3.20. The quantitative estimate of drug-likeness (QED) is 0.0705. The van der Waals surface area contributed by atoms with E-state index in [1.165, 1.54) is 20.8 Å². The number of amides is 6. The maximum absolute atomic E-state index is 12.8. The molecule has 6 amide bonds. The van der Waals surface area contributed by atoms with Crippen LogP contribution in [0.25, 0.3) is 0 Å². The molecule has 42 heavy (non-hydrogen) atoms. The summed E-state index contributed by atoms with van der Waals surface area (Å²) in [7, 11) is 0. The van der Waals surface area contributed by atoms with Gasteiger partial charge in [0.15, 0.2) is 0 Å². The second kappa shape index (κ2) is 17.1. The molecule has 19 nitrogen and oxygen atoms in total. The van der Waals surface area contributed by atoms with Crippen molar-refractivity contribution in [2.45, 2.75) is 83.2 Å². The Hall–Kier alpha value is -4.81. The molecule has 236 valence electrons. The molecule has 0 saturated heterocycles. The molecule has 0 bridgehead atoms. The van der Waals surface area contributed by atoms with Crippen molar-refractivity contribution in [2.24, 2.45) is 17.4 Å². The summed E-state index contributed by atoms with van der Waals surface area (Å²) in [5.74, 6) is -11.6. The van der Waals surface area contributed by atoms with Crippen LogP contribution in [-0.4, -0.2) is 105 Å². The van der Waals surface area contributed by atoms with Gasteiger partial charge in [-0.25, -0.2) is 4.79 Å². The van der Waals surface area contributed by atoms with E-state index >= 15 is 0 Å². The van der Waals surface area contributed by atoms with Gasteiger partial charge in [0.2, 0.25) is 35.4 Å². The molecule has 0 aromatic rings. The van der Waals surface area contributed by atoms with Crippen molar-refractivity contribution in [1.82, 2.24) is 26.6 Å². The molecular weight excluding hydrogens is 566 g/mol. The van der Waals surface area contributed by atoms with E-state index < -0.39 is 115 Å². The van der Waals surface area contributed by atoms with Crippen LogP contribution >= 0.6 is 0 Å². The molecule has 0 aliphatic carbocycles. The molecule has 0 radical (unpaired) electrons. The maximum Gasteiger partial charge on any atom is 0.326 e. The third-order valence-electron chi connectivity index (χ3n) is 5.46. The van der Waals surface area contributed by atoms with Crippen LogP contribution in [-0.2, 0) is 43.2 Å². The van der Waals surface area contributed by atoms with Gasteiger partial charge in [0.05, 0.1) is 25.3 Å². The molecule has 0 rings (SSSR count). The first-order valence-electron chi connectivity index (χ1n) is 12.5. The van der Waals surface area contributed by atoms with Gasteiger partial charge in [-0.1, -0.05) is 13.8 Å². The molecule has 0 fully saturated rings. The van der Waals surface area contributed by atoms with Gasteiger partial charge in [0.1, 0.15) is 30.2 Å². The molecular formula is C23H37N7O12. The number of aliphatic carboxylic acids is 3. The molecule has 12 N–H and O–H groups in total. The fourth-order valence-corrected chi connectivity index (χ4v) is 3.20. The fraction of sp³-hybridized carbons (Fsp3) is 0.609. The van der Waals surface area contributed by atoms with Crippen molar-refractivity contribution in [3.63, 3.8) is 0 Å². The Morgan fingerprint density at radius 2 is 0.952 bits per heavy atom. The predicted molar refractivity (Wildman–Crippen MR) is 140 cm³/mol. The summed E-state index contributed by atoms with van der Waals surface area (Å²) in [4.78, 5) is 108. The highest BCUT2D eigenvalue weighted by Gasteiger charge is 2.33. The van der Waals surface area contributed by atoms with Crippen LogP contribution in [0.3, 0.4) is 0 Å². The largest absolute Gasteiger partial charge is 0.481 e. The molecule has 0 aliphatic rings. The lowest BCUT2D eigenvalue weighted by Crippen LogP contribution is -2.59. The topological polar surface area (TPSA) is 327 Å². The van der Waals surface area contributed by atoms with E-state index in [1.54, 1.807) is 0 Å². The zero-order valence-corrected chi connectivity index (χ0v) is 23.3. The first kappa shape index (κ1) is 37.2. The molecule has 0 spiro atoms. The molecule has 6 atom stereocenters. The van der Waals surface area contributed by atoms with Crippen LogP contribution in [0.2, 0.25) is 0 Å². The number of rotatable bonds is 18. The Balaban J connectivity index is 5.71. The lowest BCUT2D eigenvalue weighted by Gasteiger charge is -2.25. The van der Waals surface area contributed by atoms with Crippen molar-refractivity contribution in [3.8, 4) is 0 Å². The minimum absolute atomic E-state index is 0.571.